The molecular weight excluding hydrogens is 196 g/mol. The molecule has 0 bridgehead atoms. The van der Waals surface area contributed by atoms with E-state index in [0.717, 1.165) is 0 Å². The second kappa shape index (κ2) is 3.76. The van der Waals surface area contributed by atoms with Gasteiger partial charge >= 0.3 is 6.03 Å². The van der Waals surface area contributed by atoms with Crippen molar-refractivity contribution < 1.29 is 14.0 Å². The smallest absolute Gasteiger partial charge is 0.324 e. The quantitative estimate of drug-likeness (QED) is 0.787. The van der Waals surface area contributed by atoms with E-state index >= 15 is 0 Å². The van der Waals surface area contributed by atoms with E-state index in [0.29, 0.717) is 18.8 Å². The number of urea groups is 1. The maximum absolute atomic E-state index is 11.4. The summed E-state index contributed by atoms with van der Waals surface area (Å²) in [7, 11) is 0. The Balaban J connectivity index is 2.03. The average Bonchev–Trinajstić information content (AvgIpc) is 2.67. The number of carbonyl (C=O) groups excluding carboxylic acids is 2. The van der Waals surface area contributed by atoms with Crippen LogP contribution in [0.4, 0.5) is 4.79 Å². The Morgan fingerprint density at radius 1 is 1.60 bits per heavy atom. The van der Waals surface area contributed by atoms with Crippen LogP contribution in [0, 0.1) is 5.92 Å². The largest absolute Gasteiger partial charge is 0.467 e. The molecule has 1 aromatic heterocycles. The highest BCUT2D eigenvalue weighted by atomic mass is 16.3. The lowest BCUT2D eigenvalue weighted by Gasteiger charge is -2.29. The fourth-order valence-electron chi connectivity index (χ4n) is 1.53. The summed E-state index contributed by atoms with van der Waals surface area (Å²) >= 11 is 0. The molecule has 80 valence electrons. The average molecular weight is 208 g/mol. The molecule has 15 heavy (non-hydrogen) atoms. The molecule has 0 saturated carbocycles. The van der Waals surface area contributed by atoms with Crippen LogP contribution in [-0.4, -0.2) is 23.4 Å². The lowest BCUT2D eigenvalue weighted by atomic mass is 10.1. The number of imide groups is 1. The first-order valence-electron chi connectivity index (χ1n) is 4.79. The van der Waals surface area contributed by atoms with Gasteiger partial charge in [-0.15, -0.1) is 0 Å². The van der Waals surface area contributed by atoms with Crippen LogP contribution in [0.15, 0.2) is 22.8 Å². The van der Waals surface area contributed by atoms with Crippen LogP contribution in [0.25, 0.3) is 0 Å². The van der Waals surface area contributed by atoms with Crippen molar-refractivity contribution in [3.8, 4) is 0 Å². The standard InChI is InChI=1S/C10H12N2O3/c1-7-5-12(10(14)11-9(7)13)6-8-3-2-4-15-8/h2-4,7H,5-6H2,1H3,(H,11,13,14). The number of carbonyl (C=O) groups is 2. The minimum atomic E-state index is -0.352. The van der Waals surface area contributed by atoms with Crippen LogP contribution < -0.4 is 5.32 Å². The van der Waals surface area contributed by atoms with E-state index in [1.807, 2.05) is 0 Å². The van der Waals surface area contributed by atoms with Crippen molar-refractivity contribution in [2.75, 3.05) is 6.54 Å². The highest BCUT2D eigenvalue weighted by molar-refractivity contribution is 5.97. The first-order chi connectivity index (χ1) is 7.16. The van der Waals surface area contributed by atoms with Gasteiger partial charge in [0.05, 0.1) is 18.7 Å². The van der Waals surface area contributed by atoms with E-state index in [-0.39, 0.29) is 17.9 Å². The molecule has 1 fully saturated rings. The van der Waals surface area contributed by atoms with Crippen molar-refractivity contribution >= 4 is 11.9 Å². The molecule has 0 aromatic carbocycles. The van der Waals surface area contributed by atoms with Gasteiger partial charge in [0.1, 0.15) is 5.76 Å². The number of hydrogen-bond acceptors (Lipinski definition) is 3. The molecule has 0 aliphatic carbocycles. The first kappa shape index (κ1) is 9.76. The molecule has 1 aliphatic rings. The highest BCUT2D eigenvalue weighted by Gasteiger charge is 2.29. The number of nitrogens with zero attached hydrogens (tertiary/aromatic N) is 1. The molecule has 2 rings (SSSR count). The third-order valence-corrected chi connectivity index (χ3v) is 2.39. The summed E-state index contributed by atoms with van der Waals surface area (Å²) in [6.07, 6.45) is 1.56. The second-order valence-corrected chi connectivity index (χ2v) is 3.66. The summed E-state index contributed by atoms with van der Waals surface area (Å²) in [5.74, 6) is 0.333. The number of rotatable bonds is 2. The van der Waals surface area contributed by atoms with E-state index < -0.39 is 0 Å². The zero-order valence-electron chi connectivity index (χ0n) is 8.40. The second-order valence-electron chi connectivity index (χ2n) is 3.66. The Bertz CT molecular complexity index is 372. The lowest BCUT2D eigenvalue weighted by molar-refractivity contribution is -0.125. The molecular formula is C10H12N2O3. The predicted molar refractivity (Wildman–Crippen MR) is 51.8 cm³/mol. The monoisotopic (exact) mass is 208 g/mol. The maximum atomic E-state index is 11.4. The van der Waals surface area contributed by atoms with Gasteiger partial charge in [0.2, 0.25) is 5.91 Å². The summed E-state index contributed by atoms with van der Waals surface area (Å²) < 4.78 is 5.14. The van der Waals surface area contributed by atoms with E-state index in [9.17, 15) is 9.59 Å². The Morgan fingerprint density at radius 2 is 2.40 bits per heavy atom. The van der Waals surface area contributed by atoms with Crippen molar-refractivity contribution in [2.24, 2.45) is 5.92 Å². The molecule has 1 aromatic rings. The minimum absolute atomic E-state index is 0.169. The van der Waals surface area contributed by atoms with E-state index in [1.54, 1.807) is 30.2 Å². The summed E-state index contributed by atoms with van der Waals surface area (Å²) in [6.45, 7) is 2.62. The van der Waals surface area contributed by atoms with Crippen molar-refractivity contribution in [1.82, 2.24) is 10.2 Å². The van der Waals surface area contributed by atoms with Crippen LogP contribution in [0.1, 0.15) is 12.7 Å². The number of furan rings is 1. The summed E-state index contributed by atoms with van der Waals surface area (Å²) in [6, 6.07) is 3.22. The van der Waals surface area contributed by atoms with Gasteiger partial charge in [-0.25, -0.2) is 4.79 Å². The van der Waals surface area contributed by atoms with E-state index in [1.165, 1.54) is 0 Å². The highest BCUT2D eigenvalue weighted by Crippen LogP contribution is 2.12. The Hall–Kier alpha value is -1.78. The van der Waals surface area contributed by atoms with Crippen molar-refractivity contribution in [2.45, 2.75) is 13.5 Å². The fraction of sp³-hybridized carbons (Fsp3) is 0.400. The van der Waals surface area contributed by atoms with Crippen LogP contribution in [-0.2, 0) is 11.3 Å². The van der Waals surface area contributed by atoms with Crippen molar-refractivity contribution in [3.63, 3.8) is 0 Å². The molecule has 1 aliphatic heterocycles. The lowest BCUT2D eigenvalue weighted by Crippen LogP contribution is -2.53. The molecule has 0 spiro atoms. The zero-order valence-corrected chi connectivity index (χ0v) is 8.40. The van der Waals surface area contributed by atoms with Crippen LogP contribution in [0.2, 0.25) is 0 Å². The van der Waals surface area contributed by atoms with Crippen molar-refractivity contribution in [1.29, 1.82) is 0 Å². The van der Waals surface area contributed by atoms with Gasteiger partial charge in [-0.05, 0) is 12.1 Å². The SMILES string of the molecule is CC1CN(Cc2ccco2)C(=O)NC1=O. The van der Waals surface area contributed by atoms with Gasteiger partial charge in [0.25, 0.3) is 0 Å². The van der Waals surface area contributed by atoms with Crippen molar-refractivity contribution in [3.05, 3.63) is 24.2 Å². The Kier molecular flexibility index (Phi) is 2.45. The molecule has 1 unspecified atom stereocenters. The topological polar surface area (TPSA) is 62.6 Å². The third kappa shape index (κ3) is 2.01. The predicted octanol–water partition coefficient (Wildman–Crippen LogP) is 0.967. The molecule has 3 amide bonds. The van der Waals surface area contributed by atoms with Gasteiger partial charge in [0, 0.05) is 6.54 Å². The third-order valence-electron chi connectivity index (χ3n) is 2.39. The molecule has 0 radical (unpaired) electrons. The zero-order chi connectivity index (χ0) is 10.8. The van der Waals surface area contributed by atoms with Gasteiger partial charge in [-0.1, -0.05) is 6.92 Å². The normalized spacial score (nSPS) is 21.7. The molecule has 1 atom stereocenters. The van der Waals surface area contributed by atoms with E-state index in [2.05, 4.69) is 5.32 Å². The fourth-order valence-corrected chi connectivity index (χ4v) is 1.53. The number of hydrogen-bond donors (Lipinski definition) is 1. The van der Waals surface area contributed by atoms with Crippen LogP contribution in [0.3, 0.4) is 0 Å². The van der Waals surface area contributed by atoms with Gasteiger partial charge in [0.15, 0.2) is 0 Å². The summed E-state index contributed by atoms with van der Waals surface area (Å²) in [4.78, 5) is 24.2. The van der Waals surface area contributed by atoms with Gasteiger partial charge < -0.3 is 9.32 Å². The summed E-state index contributed by atoms with van der Waals surface area (Å²) in [5, 5.41) is 2.30. The molecule has 2 heterocycles. The van der Waals surface area contributed by atoms with Gasteiger partial charge in [-0.2, -0.15) is 0 Å². The maximum Gasteiger partial charge on any atom is 0.324 e. The first-order valence-corrected chi connectivity index (χ1v) is 4.79. The molecule has 1 saturated heterocycles. The minimum Gasteiger partial charge on any atom is -0.467 e. The summed E-state index contributed by atoms with van der Waals surface area (Å²) in [5.41, 5.74) is 0. The Labute approximate surface area is 87.0 Å². The molecule has 5 heteroatoms. The molecule has 1 N–H and O–H groups in total. The Morgan fingerprint density at radius 3 is 3.07 bits per heavy atom. The number of amides is 3. The van der Waals surface area contributed by atoms with Crippen LogP contribution in [0.5, 0.6) is 0 Å². The number of nitrogens with one attached hydrogen (secondary N) is 1. The molecule has 5 nitrogen and oxygen atoms in total. The van der Waals surface area contributed by atoms with Crippen LogP contribution >= 0.6 is 0 Å². The van der Waals surface area contributed by atoms with E-state index in [4.69, 9.17) is 4.42 Å². The van der Waals surface area contributed by atoms with Gasteiger partial charge in [-0.3, -0.25) is 10.1 Å².